The number of hydrogen-bond acceptors (Lipinski definition) is 6. The van der Waals surface area contributed by atoms with E-state index in [1.165, 1.54) is 19.2 Å². The van der Waals surface area contributed by atoms with Gasteiger partial charge in [0.1, 0.15) is 16.3 Å². The molecular weight excluding hydrogens is 484 g/mol. The fraction of sp³-hybridized carbons (Fsp3) is 0.118. The molecule has 0 spiro atoms. The first kappa shape index (κ1) is 22.8. The summed E-state index contributed by atoms with van der Waals surface area (Å²) in [6.07, 6.45) is -3.16. The highest BCUT2D eigenvalue weighted by molar-refractivity contribution is 7.89. The number of benzene rings is 1. The number of rotatable bonds is 5. The second-order valence-corrected chi connectivity index (χ2v) is 8.47. The van der Waals surface area contributed by atoms with Crippen molar-refractivity contribution >= 4 is 51.5 Å². The largest absolute Gasteiger partial charge is 0.497 e. The number of aromatic nitrogens is 2. The van der Waals surface area contributed by atoms with Crippen LogP contribution in [0.15, 0.2) is 46.7 Å². The second kappa shape index (κ2) is 8.02. The van der Waals surface area contributed by atoms with Gasteiger partial charge in [0, 0.05) is 25.2 Å². The predicted molar refractivity (Wildman–Crippen MR) is 106 cm³/mol. The van der Waals surface area contributed by atoms with E-state index in [1.807, 2.05) is 0 Å². The van der Waals surface area contributed by atoms with E-state index in [9.17, 15) is 26.4 Å². The quantitative estimate of drug-likeness (QED) is 0.392. The molecule has 8 nitrogen and oxygen atoms in total. The molecule has 31 heavy (non-hydrogen) atoms. The molecule has 0 fully saturated rings. The Morgan fingerprint density at radius 3 is 2.48 bits per heavy atom. The lowest BCUT2D eigenvalue weighted by Crippen LogP contribution is -2.32. The summed E-state index contributed by atoms with van der Waals surface area (Å²) in [7, 11) is -3.36. The summed E-state index contributed by atoms with van der Waals surface area (Å²) in [5.41, 5.74) is -1.83. The maximum Gasteiger partial charge on any atom is 0.417 e. The highest BCUT2D eigenvalue weighted by atomic mass is 35.5. The van der Waals surface area contributed by atoms with Gasteiger partial charge in [0.25, 0.3) is 10.0 Å². The van der Waals surface area contributed by atoms with Crippen LogP contribution in [0.2, 0.25) is 10.0 Å². The molecule has 164 valence electrons. The van der Waals surface area contributed by atoms with E-state index < -0.39 is 43.3 Å². The van der Waals surface area contributed by atoms with Crippen LogP contribution in [0.25, 0.3) is 5.65 Å². The number of carbonyl (C=O) groups excluding carboxylic acids is 1. The number of hydrazone groups is 1. The van der Waals surface area contributed by atoms with Crippen molar-refractivity contribution in [3.63, 3.8) is 0 Å². The summed E-state index contributed by atoms with van der Waals surface area (Å²) in [5, 5.41) is 2.62. The van der Waals surface area contributed by atoms with Gasteiger partial charge in [-0.15, -0.1) is 4.41 Å². The van der Waals surface area contributed by atoms with Crippen molar-refractivity contribution in [2.75, 3.05) is 7.11 Å². The highest BCUT2D eigenvalue weighted by Gasteiger charge is 2.35. The summed E-state index contributed by atoms with van der Waals surface area (Å²) in [5.74, 6) is -1.15. The van der Waals surface area contributed by atoms with Crippen LogP contribution in [-0.4, -0.2) is 42.0 Å². The average Bonchev–Trinajstić information content (AvgIpc) is 3.13. The number of alkyl halides is 3. The van der Waals surface area contributed by atoms with Gasteiger partial charge in [-0.25, -0.2) is 4.98 Å². The number of amides is 1. The summed E-state index contributed by atoms with van der Waals surface area (Å²) >= 11 is 11.8. The zero-order chi connectivity index (χ0) is 23.1. The molecule has 14 heteroatoms. The Morgan fingerprint density at radius 1 is 1.23 bits per heavy atom. The number of nitrogens with zero attached hydrogens (tertiary/aromatic N) is 4. The standard InChI is InChI=1S/C17H11Cl2F3N4O4S/c1-23-26(31(28,29)14-6-10(30-2)3-4-11(14)18)16(27)13-8-25-7-9(17(20,21)22)5-12(19)15(25)24-13/h3-8H,1H2,2H3. The third kappa shape index (κ3) is 4.18. The van der Waals surface area contributed by atoms with Crippen molar-refractivity contribution in [1.82, 2.24) is 13.8 Å². The lowest BCUT2D eigenvalue weighted by atomic mass is 10.3. The van der Waals surface area contributed by atoms with Crippen LogP contribution in [-0.2, 0) is 16.2 Å². The van der Waals surface area contributed by atoms with Crippen molar-refractivity contribution in [3.8, 4) is 5.75 Å². The molecule has 0 aliphatic rings. The van der Waals surface area contributed by atoms with Crippen LogP contribution >= 0.6 is 23.2 Å². The van der Waals surface area contributed by atoms with Gasteiger partial charge in [0.05, 0.1) is 22.7 Å². The van der Waals surface area contributed by atoms with E-state index >= 15 is 0 Å². The van der Waals surface area contributed by atoms with E-state index in [1.54, 1.807) is 0 Å². The third-order valence-corrected chi connectivity index (χ3v) is 6.35. The Bertz CT molecular complexity index is 1310. The predicted octanol–water partition coefficient (Wildman–Crippen LogP) is 4.12. The monoisotopic (exact) mass is 494 g/mol. The zero-order valence-electron chi connectivity index (χ0n) is 15.4. The van der Waals surface area contributed by atoms with Crippen molar-refractivity contribution in [2.24, 2.45) is 5.10 Å². The third-order valence-electron chi connectivity index (χ3n) is 4.00. The van der Waals surface area contributed by atoms with Crippen molar-refractivity contribution in [1.29, 1.82) is 0 Å². The molecule has 0 bridgehead atoms. The Morgan fingerprint density at radius 2 is 1.90 bits per heavy atom. The number of halogens is 5. The Kier molecular flexibility index (Phi) is 5.91. The lowest BCUT2D eigenvalue weighted by Gasteiger charge is -2.16. The molecule has 0 N–H and O–H groups in total. The zero-order valence-corrected chi connectivity index (χ0v) is 17.7. The number of sulfonamides is 1. The van der Waals surface area contributed by atoms with Crippen LogP contribution < -0.4 is 4.74 Å². The lowest BCUT2D eigenvalue weighted by molar-refractivity contribution is -0.137. The molecule has 0 radical (unpaired) electrons. The van der Waals surface area contributed by atoms with Crippen LogP contribution in [0.5, 0.6) is 5.75 Å². The van der Waals surface area contributed by atoms with E-state index in [0.29, 0.717) is 12.3 Å². The highest BCUT2D eigenvalue weighted by Crippen LogP contribution is 2.33. The summed E-state index contributed by atoms with van der Waals surface area (Å²) in [6, 6.07) is 4.34. The number of pyridine rings is 1. The Balaban J connectivity index is 2.09. The number of methoxy groups -OCH3 is 1. The van der Waals surface area contributed by atoms with Crippen molar-refractivity contribution in [2.45, 2.75) is 11.1 Å². The first-order chi connectivity index (χ1) is 14.4. The van der Waals surface area contributed by atoms with Gasteiger partial charge in [0.15, 0.2) is 5.65 Å². The van der Waals surface area contributed by atoms with Gasteiger partial charge in [-0.3, -0.25) is 4.79 Å². The number of fused-ring (bicyclic) bond motifs is 1. The molecule has 2 heterocycles. The van der Waals surface area contributed by atoms with Gasteiger partial charge in [-0.1, -0.05) is 23.2 Å². The molecule has 1 aromatic carbocycles. The molecular formula is C17H11Cl2F3N4O4S. The van der Waals surface area contributed by atoms with Gasteiger partial charge in [0.2, 0.25) is 0 Å². The first-order valence-electron chi connectivity index (χ1n) is 8.05. The normalized spacial score (nSPS) is 12.1. The van der Waals surface area contributed by atoms with Gasteiger partial charge >= 0.3 is 12.1 Å². The maximum absolute atomic E-state index is 13.0. The Labute approximate surface area is 183 Å². The number of hydrogen-bond donors (Lipinski definition) is 0. The van der Waals surface area contributed by atoms with Gasteiger partial charge in [-0.2, -0.15) is 26.7 Å². The maximum atomic E-state index is 13.0. The summed E-state index contributed by atoms with van der Waals surface area (Å²) in [6.45, 7) is 3.08. The Hall–Kier alpha value is -2.83. The molecule has 1 amide bonds. The molecule has 0 saturated carbocycles. The minimum Gasteiger partial charge on any atom is -0.497 e. The summed E-state index contributed by atoms with van der Waals surface area (Å²) < 4.78 is 70.7. The van der Waals surface area contributed by atoms with E-state index in [-0.39, 0.29) is 20.8 Å². The second-order valence-electron chi connectivity index (χ2n) is 5.92. The summed E-state index contributed by atoms with van der Waals surface area (Å²) in [4.78, 5) is 16.1. The SMILES string of the molecule is C=NN(C(=O)c1cn2cc(C(F)(F)F)cc(Cl)c2n1)S(=O)(=O)c1cc(OC)ccc1Cl. The molecule has 0 saturated heterocycles. The molecule has 2 aromatic heterocycles. The molecule has 3 aromatic rings. The number of ether oxygens (including phenoxy) is 1. The van der Waals surface area contributed by atoms with Crippen LogP contribution in [0.1, 0.15) is 16.1 Å². The smallest absolute Gasteiger partial charge is 0.417 e. The molecule has 0 aliphatic heterocycles. The molecule has 0 atom stereocenters. The van der Waals surface area contributed by atoms with Crippen LogP contribution in [0.4, 0.5) is 13.2 Å². The number of imidazole rings is 1. The van der Waals surface area contributed by atoms with Crippen molar-refractivity contribution < 1.29 is 31.1 Å². The van der Waals surface area contributed by atoms with E-state index in [0.717, 1.165) is 16.7 Å². The average molecular weight is 495 g/mol. The molecule has 0 unspecified atom stereocenters. The molecule has 3 rings (SSSR count). The van der Waals surface area contributed by atoms with Crippen LogP contribution in [0, 0.1) is 0 Å². The fourth-order valence-corrected chi connectivity index (χ4v) is 4.46. The topological polar surface area (TPSA) is 93.3 Å². The van der Waals surface area contributed by atoms with E-state index in [4.69, 9.17) is 27.9 Å². The first-order valence-corrected chi connectivity index (χ1v) is 10.2. The van der Waals surface area contributed by atoms with Crippen molar-refractivity contribution in [3.05, 3.63) is 58.0 Å². The van der Waals surface area contributed by atoms with E-state index in [2.05, 4.69) is 16.8 Å². The fourth-order valence-electron chi connectivity index (χ4n) is 2.56. The molecule has 0 aliphatic carbocycles. The minimum absolute atomic E-state index is 0.0218. The number of carbonyl (C=O) groups is 1. The minimum atomic E-state index is -4.70. The van der Waals surface area contributed by atoms with Crippen LogP contribution in [0.3, 0.4) is 0 Å². The van der Waals surface area contributed by atoms with Gasteiger partial charge in [-0.05, 0) is 18.2 Å². The van der Waals surface area contributed by atoms with Gasteiger partial charge < -0.3 is 9.14 Å².